The van der Waals surface area contributed by atoms with Crippen molar-refractivity contribution in [3.63, 3.8) is 0 Å². The molecule has 0 aliphatic heterocycles. The summed E-state index contributed by atoms with van der Waals surface area (Å²) in [6.45, 7) is 14.1. The number of fused-ring (bicyclic) bond motifs is 2. The largest absolute Gasteiger partial charge is 0.0708 e. The molecule has 1 radical (unpaired) electrons. The highest BCUT2D eigenvalue weighted by atomic mass is 28.3. The van der Waals surface area contributed by atoms with E-state index in [0.29, 0.717) is 0 Å². The van der Waals surface area contributed by atoms with Gasteiger partial charge in [0, 0.05) is 8.80 Å². The fraction of sp³-hybridized carbons (Fsp3) is 0.440. The van der Waals surface area contributed by atoms with Crippen molar-refractivity contribution in [3.8, 4) is 11.1 Å². The monoisotopic (exact) mass is 359 g/mol. The summed E-state index contributed by atoms with van der Waals surface area (Å²) in [7, 11) is -0.299. The summed E-state index contributed by atoms with van der Waals surface area (Å²) >= 11 is 0. The van der Waals surface area contributed by atoms with Gasteiger partial charge in [-0.15, -0.1) is 0 Å². The maximum atomic E-state index is 2.55. The van der Waals surface area contributed by atoms with Crippen LogP contribution in [0.15, 0.2) is 35.9 Å². The second kappa shape index (κ2) is 6.23. The van der Waals surface area contributed by atoms with Gasteiger partial charge in [0.1, 0.15) is 0 Å². The summed E-state index contributed by atoms with van der Waals surface area (Å²) in [5.74, 6) is 0. The highest BCUT2D eigenvalue weighted by Crippen LogP contribution is 2.46. The van der Waals surface area contributed by atoms with Crippen molar-refractivity contribution in [1.29, 1.82) is 0 Å². The molecule has 1 atom stereocenters. The maximum absolute atomic E-state index is 2.55. The van der Waals surface area contributed by atoms with Crippen LogP contribution in [0.3, 0.4) is 0 Å². The molecule has 4 rings (SSSR count). The first-order valence-electron chi connectivity index (χ1n) is 10.0. The molecule has 135 valence electrons. The quantitative estimate of drug-likeness (QED) is 0.510. The molecule has 0 nitrogen and oxygen atoms in total. The molecule has 0 saturated heterocycles. The molecule has 26 heavy (non-hydrogen) atoms. The maximum Gasteiger partial charge on any atom is 0.0497 e. The molecule has 2 aromatic rings. The Labute approximate surface area is 161 Å². The van der Waals surface area contributed by atoms with Gasteiger partial charge in [-0.2, -0.15) is 0 Å². The van der Waals surface area contributed by atoms with Crippen molar-refractivity contribution < 1.29 is 0 Å². The van der Waals surface area contributed by atoms with Gasteiger partial charge in [0.25, 0.3) is 0 Å². The summed E-state index contributed by atoms with van der Waals surface area (Å²) in [5, 5.41) is 0. The molecule has 0 heterocycles. The Morgan fingerprint density at radius 2 is 1.69 bits per heavy atom. The predicted octanol–water partition coefficient (Wildman–Crippen LogP) is 6.93. The van der Waals surface area contributed by atoms with Crippen LogP contribution in [-0.2, 0) is 18.3 Å². The van der Waals surface area contributed by atoms with Crippen LogP contribution in [0.1, 0.15) is 67.5 Å². The van der Waals surface area contributed by atoms with Crippen LogP contribution in [0.25, 0.3) is 17.2 Å². The first-order chi connectivity index (χ1) is 12.3. The molecule has 0 bridgehead atoms. The first-order valence-corrected chi connectivity index (χ1v) is 12.6. The Balaban J connectivity index is 1.88. The van der Waals surface area contributed by atoms with Crippen LogP contribution in [-0.4, -0.2) is 8.80 Å². The number of hydrogen-bond donors (Lipinski definition) is 0. The molecule has 0 fully saturated rings. The highest BCUT2D eigenvalue weighted by molar-refractivity contribution is 6.57. The molecule has 1 unspecified atom stereocenters. The average Bonchev–Trinajstić information content (AvgIpc) is 3.14. The Bertz CT molecular complexity index is 876. The van der Waals surface area contributed by atoms with E-state index >= 15 is 0 Å². The molecule has 0 aromatic heterocycles. The standard InChI is InChI=1S/C25H31Si/c1-16-13-18-15-22-20(11-12-23(22)26(5)6)24(21(18)14-16)17-7-9-19(10-8-17)25(2,3)4/h7-10,13,15,23H,11-12,14H2,1-6H3. The lowest BCUT2D eigenvalue weighted by molar-refractivity contribution is 0.590. The normalized spacial score (nSPS) is 18.9. The average molecular weight is 360 g/mol. The van der Waals surface area contributed by atoms with Crippen LogP contribution < -0.4 is 0 Å². The van der Waals surface area contributed by atoms with E-state index < -0.39 is 0 Å². The van der Waals surface area contributed by atoms with Crippen LogP contribution in [0.5, 0.6) is 0 Å². The fourth-order valence-electron chi connectivity index (χ4n) is 4.84. The third-order valence-corrected chi connectivity index (χ3v) is 8.26. The van der Waals surface area contributed by atoms with E-state index in [1.807, 2.05) is 0 Å². The van der Waals surface area contributed by atoms with E-state index in [1.165, 1.54) is 35.1 Å². The summed E-state index contributed by atoms with van der Waals surface area (Å²) in [6, 6.07) is 12.0. The van der Waals surface area contributed by atoms with Gasteiger partial charge in [0.2, 0.25) is 0 Å². The number of benzene rings is 2. The van der Waals surface area contributed by atoms with Crippen LogP contribution >= 0.6 is 0 Å². The van der Waals surface area contributed by atoms with Gasteiger partial charge in [0.15, 0.2) is 0 Å². The van der Waals surface area contributed by atoms with E-state index in [2.05, 4.69) is 77.2 Å². The molecule has 2 aliphatic rings. The Morgan fingerprint density at radius 1 is 1.00 bits per heavy atom. The number of hydrogen-bond acceptors (Lipinski definition) is 0. The van der Waals surface area contributed by atoms with Gasteiger partial charge < -0.3 is 0 Å². The lowest BCUT2D eigenvalue weighted by atomic mass is 9.84. The third-order valence-electron chi connectivity index (χ3n) is 6.26. The van der Waals surface area contributed by atoms with Crippen molar-refractivity contribution in [3.05, 3.63) is 63.7 Å². The molecule has 0 N–H and O–H groups in total. The van der Waals surface area contributed by atoms with Crippen LogP contribution in [0.4, 0.5) is 0 Å². The van der Waals surface area contributed by atoms with Gasteiger partial charge >= 0.3 is 0 Å². The number of rotatable bonds is 2. The minimum Gasteiger partial charge on any atom is -0.0708 e. The minimum atomic E-state index is -0.299. The summed E-state index contributed by atoms with van der Waals surface area (Å²) < 4.78 is 0. The SMILES string of the molecule is CC1=Cc2cc3c(c(-c4ccc(C(C)(C)C)cc4)c2C1)CCC3[Si](C)C. The van der Waals surface area contributed by atoms with E-state index in [4.69, 9.17) is 0 Å². The van der Waals surface area contributed by atoms with Crippen molar-refractivity contribution in [1.82, 2.24) is 0 Å². The van der Waals surface area contributed by atoms with Gasteiger partial charge in [0.05, 0.1) is 0 Å². The van der Waals surface area contributed by atoms with Crippen molar-refractivity contribution in [2.24, 2.45) is 0 Å². The molecule has 0 saturated carbocycles. The fourth-order valence-corrected chi connectivity index (χ4v) is 6.44. The summed E-state index contributed by atoms with van der Waals surface area (Å²) in [5.41, 5.74) is 13.4. The van der Waals surface area contributed by atoms with Gasteiger partial charge in [-0.3, -0.25) is 0 Å². The molecule has 2 aliphatic carbocycles. The van der Waals surface area contributed by atoms with E-state index in [9.17, 15) is 0 Å². The Hall–Kier alpha value is -1.60. The lowest BCUT2D eigenvalue weighted by Gasteiger charge is -2.21. The highest BCUT2D eigenvalue weighted by Gasteiger charge is 2.31. The minimum absolute atomic E-state index is 0.212. The van der Waals surface area contributed by atoms with Crippen LogP contribution in [0, 0.1) is 0 Å². The van der Waals surface area contributed by atoms with Crippen molar-refractivity contribution in [2.45, 2.75) is 71.0 Å². The molecule has 2 aromatic carbocycles. The zero-order valence-corrected chi connectivity index (χ0v) is 18.2. The van der Waals surface area contributed by atoms with Crippen molar-refractivity contribution in [2.75, 3.05) is 0 Å². The van der Waals surface area contributed by atoms with Gasteiger partial charge in [-0.25, -0.2) is 0 Å². The van der Waals surface area contributed by atoms with E-state index in [1.54, 1.807) is 22.3 Å². The zero-order chi connectivity index (χ0) is 18.6. The Morgan fingerprint density at radius 3 is 2.31 bits per heavy atom. The second-order valence-corrected chi connectivity index (χ2v) is 12.4. The summed E-state index contributed by atoms with van der Waals surface area (Å²) in [6.07, 6.45) is 6.17. The molecular formula is C25H31Si. The third kappa shape index (κ3) is 2.91. The molecule has 0 amide bonds. The van der Waals surface area contributed by atoms with Crippen LogP contribution in [0.2, 0.25) is 13.1 Å². The summed E-state index contributed by atoms with van der Waals surface area (Å²) in [4.78, 5) is 0. The number of allylic oxidation sites excluding steroid dienone is 1. The molecular weight excluding hydrogens is 328 g/mol. The topological polar surface area (TPSA) is 0 Å². The predicted molar refractivity (Wildman–Crippen MR) is 116 cm³/mol. The lowest BCUT2D eigenvalue weighted by Crippen LogP contribution is -2.13. The van der Waals surface area contributed by atoms with Crippen molar-refractivity contribution >= 4 is 14.9 Å². The van der Waals surface area contributed by atoms with E-state index in [0.717, 1.165) is 12.0 Å². The first kappa shape index (κ1) is 17.8. The Kier molecular flexibility index (Phi) is 4.26. The zero-order valence-electron chi connectivity index (χ0n) is 17.2. The molecule has 0 spiro atoms. The van der Waals surface area contributed by atoms with E-state index in [-0.39, 0.29) is 14.2 Å². The molecule has 1 heteroatoms. The van der Waals surface area contributed by atoms with Gasteiger partial charge in [-0.1, -0.05) is 75.8 Å². The van der Waals surface area contributed by atoms with Gasteiger partial charge in [-0.05, 0) is 76.1 Å². The second-order valence-electron chi connectivity index (χ2n) is 9.55. The smallest absolute Gasteiger partial charge is 0.0497 e.